The number of rotatable bonds is 8. The van der Waals surface area contributed by atoms with E-state index in [2.05, 4.69) is 15.3 Å². The van der Waals surface area contributed by atoms with E-state index in [1.54, 1.807) is 11.3 Å². The van der Waals surface area contributed by atoms with Gasteiger partial charge in [-0.2, -0.15) is 0 Å². The first kappa shape index (κ1) is 22.4. The first-order valence-corrected chi connectivity index (χ1v) is 13.4. The van der Waals surface area contributed by atoms with Crippen LogP contribution < -0.4 is 15.6 Å². The second kappa shape index (κ2) is 10.3. The van der Waals surface area contributed by atoms with Gasteiger partial charge in [0.15, 0.2) is 0 Å². The Bertz CT molecular complexity index is 1180. The molecule has 0 radical (unpaired) electrons. The van der Waals surface area contributed by atoms with Crippen molar-refractivity contribution in [2.45, 2.75) is 50.4 Å². The van der Waals surface area contributed by atoms with Crippen LogP contribution in [0.15, 0.2) is 29.1 Å². The molecule has 1 unspecified atom stereocenters. The summed E-state index contributed by atoms with van der Waals surface area (Å²) in [6.07, 6.45) is 6.64. The Labute approximate surface area is 200 Å². The van der Waals surface area contributed by atoms with Crippen molar-refractivity contribution in [1.82, 2.24) is 9.97 Å². The number of aromatic nitrogens is 2. The number of H-pyrrole nitrogens is 1. The number of anilines is 1. The predicted octanol–water partition coefficient (Wildman–Crippen LogP) is 4.29. The molecule has 1 atom stereocenters. The topological polar surface area (TPSA) is 93.3 Å². The van der Waals surface area contributed by atoms with Gasteiger partial charge in [0.1, 0.15) is 23.0 Å². The van der Waals surface area contributed by atoms with Crippen molar-refractivity contribution in [3.8, 4) is 5.75 Å². The molecule has 1 amide bonds. The Balaban J connectivity index is 1.11. The van der Waals surface area contributed by atoms with Crippen molar-refractivity contribution in [3.63, 3.8) is 0 Å². The fourth-order valence-electron chi connectivity index (χ4n) is 4.31. The molecular weight excluding hydrogens is 458 g/mol. The third kappa shape index (κ3) is 5.42. The van der Waals surface area contributed by atoms with Crippen LogP contribution in [-0.2, 0) is 28.1 Å². The van der Waals surface area contributed by atoms with Gasteiger partial charge in [-0.25, -0.2) is 4.98 Å². The van der Waals surface area contributed by atoms with Gasteiger partial charge in [0.2, 0.25) is 5.91 Å². The van der Waals surface area contributed by atoms with Crippen LogP contribution in [0.3, 0.4) is 0 Å². The number of nitrogens with zero attached hydrogens (tertiary/aromatic N) is 1. The van der Waals surface area contributed by atoms with Crippen molar-refractivity contribution in [2.75, 3.05) is 24.3 Å². The maximum Gasteiger partial charge on any atom is 0.259 e. The monoisotopic (exact) mass is 485 g/mol. The number of carbonyl (C=O) groups is 1. The van der Waals surface area contributed by atoms with Crippen LogP contribution >= 0.6 is 23.1 Å². The first-order valence-electron chi connectivity index (χ1n) is 11.4. The molecule has 174 valence electrons. The van der Waals surface area contributed by atoms with E-state index >= 15 is 0 Å². The molecule has 5 rings (SSSR count). The minimum Gasteiger partial charge on any atom is -0.491 e. The van der Waals surface area contributed by atoms with Crippen LogP contribution in [0.1, 0.15) is 41.9 Å². The minimum atomic E-state index is -0.0944. The van der Waals surface area contributed by atoms with Gasteiger partial charge < -0.3 is 19.8 Å². The number of hydrogen-bond acceptors (Lipinski definition) is 7. The van der Waals surface area contributed by atoms with Gasteiger partial charge in [-0.1, -0.05) is 0 Å². The fourth-order valence-corrected chi connectivity index (χ4v) is 6.28. The van der Waals surface area contributed by atoms with Crippen LogP contribution in [0.2, 0.25) is 0 Å². The lowest BCUT2D eigenvalue weighted by molar-refractivity contribution is -0.113. The summed E-state index contributed by atoms with van der Waals surface area (Å²) in [6, 6.07) is 7.36. The zero-order valence-electron chi connectivity index (χ0n) is 18.4. The highest BCUT2D eigenvalue weighted by Crippen LogP contribution is 2.33. The molecule has 1 aliphatic carbocycles. The SMILES string of the molecule is O=C(CSCc1nc2sc3c(c2c(=O)[nH]1)CCCC3)Nc1ccc(OCC2CCCO2)cc1. The van der Waals surface area contributed by atoms with Gasteiger partial charge in [0, 0.05) is 17.2 Å². The first-order chi connectivity index (χ1) is 16.2. The molecular formula is C24H27N3O4S2. The van der Waals surface area contributed by atoms with Crippen molar-refractivity contribution in [3.05, 3.63) is 50.9 Å². The molecule has 2 N–H and O–H groups in total. The lowest BCUT2D eigenvalue weighted by atomic mass is 9.97. The lowest BCUT2D eigenvalue weighted by Crippen LogP contribution is -2.16. The van der Waals surface area contributed by atoms with Crippen molar-refractivity contribution < 1.29 is 14.3 Å². The summed E-state index contributed by atoms with van der Waals surface area (Å²) in [4.78, 5) is 34.7. The van der Waals surface area contributed by atoms with Gasteiger partial charge in [-0.05, 0) is 68.4 Å². The number of ether oxygens (including phenoxy) is 2. The summed E-state index contributed by atoms with van der Waals surface area (Å²) in [5.41, 5.74) is 1.86. The largest absolute Gasteiger partial charge is 0.491 e. The molecule has 0 spiro atoms. The molecule has 0 bridgehead atoms. The maximum atomic E-state index is 12.6. The van der Waals surface area contributed by atoms with Gasteiger partial charge in [-0.3, -0.25) is 9.59 Å². The van der Waals surface area contributed by atoms with Crippen molar-refractivity contribution in [2.24, 2.45) is 0 Å². The Morgan fingerprint density at radius 2 is 2.09 bits per heavy atom. The van der Waals surface area contributed by atoms with Crippen molar-refractivity contribution >= 4 is 44.9 Å². The number of thiophene rings is 1. The highest BCUT2D eigenvalue weighted by molar-refractivity contribution is 7.99. The summed E-state index contributed by atoms with van der Waals surface area (Å²) >= 11 is 3.08. The van der Waals surface area contributed by atoms with E-state index in [4.69, 9.17) is 9.47 Å². The number of aryl methyl sites for hydroxylation is 2. The Hall–Kier alpha value is -2.36. The third-order valence-electron chi connectivity index (χ3n) is 5.94. The number of carbonyl (C=O) groups excluding carboxylic acids is 1. The number of amides is 1. The lowest BCUT2D eigenvalue weighted by Gasteiger charge is -2.12. The summed E-state index contributed by atoms with van der Waals surface area (Å²) in [5, 5.41) is 3.66. The van der Waals surface area contributed by atoms with Crippen LogP contribution in [0, 0.1) is 0 Å². The van der Waals surface area contributed by atoms with Crippen LogP contribution in [0.25, 0.3) is 10.2 Å². The van der Waals surface area contributed by atoms with E-state index in [9.17, 15) is 9.59 Å². The van der Waals surface area contributed by atoms with E-state index in [0.29, 0.717) is 18.2 Å². The standard InChI is InChI=1S/C24H27N3O4S2/c28-21(25-15-7-9-16(10-8-15)31-12-17-4-3-11-30-17)14-32-13-20-26-23(29)22-18-5-1-2-6-19(18)33-24(22)27-20/h7-10,17H,1-6,11-14H2,(H,25,28)(H,26,27,29). The number of nitrogens with one attached hydrogen (secondary N) is 2. The number of benzene rings is 1. The Morgan fingerprint density at radius 1 is 1.24 bits per heavy atom. The average Bonchev–Trinajstić information content (AvgIpc) is 3.46. The van der Waals surface area contributed by atoms with Gasteiger partial charge >= 0.3 is 0 Å². The fraction of sp³-hybridized carbons (Fsp3) is 0.458. The van der Waals surface area contributed by atoms with Crippen LogP contribution in [0.5, 0.6) is 5.75 Å². The zero-order chi connectivity index (χ0) is 22.6. The average molecular weight is 486 g/mol. The maximum absolute atomic E-state index is 12.6. The number of aromatic amines is 1. The second-order valence-corrected chi connectivity index (χ2v) is 10.5. The number of thioether (sulfide) groups is 1. The molecule has 1 fully saturated rings. The van der Waals surface area contributed by atoms with Gasteiger partial charge in [0.05, 0.1) is 23.0 Å². The van der Waals surface area contributed by atoms with Gasteiger partial charge in [-0.15, -0.1) is 23.1 Å². The van der Waals surface area contributed by atoms with E-state index in [1.807, 2.05) is 24.3 Å². The molecule has 0 saturated carbocycles. The van der Waals surface area contributed by atoms with Crippen LogP contribution in [0.4, 0.5) is 5.69 Å². The van der Waals surface area contributed by atoms with E-state index in [-0.39, 0.29) is 23.3 Å². The highest BCUT2D eigenvalue weighted by Gasteiger charge is 2.20. The molecule has 1 saturated heterocycles. The van der Waals surface area contributed by atoms with Gasteiger partial charge in [0.25, 0.3) is 5.56 Å². The zero-order valence-corrected chi connectivity index (χ0v) is 20.0. The molecule has 2 aromatic heterocycles. The molecule has 33 heavy (non-hydrogen) atoms. The molecule has 3 aromatic rings. The summed E-state index contributed by atoms with van der Waals surface area (Å²) < 4.78 is 11.3. The Morgan fingerprint density at radius 3 is 2.91 bits per heavy atom. The molecule has 3 heterocycles. The summed E-state index contributed by atoms with van der Waals surface area (Å²) in [7, 11) is 0. The minimum absolute atomic E-state index is 0.0544. The highest BCUT2D eigenvalue weighted by atomic mass is 32.2. The van der Waals surface area contributed by atoms with Crippen molar-refractivity contribution in [1.29, 1.82) is 0 Å². The summed E-state index contributed by atoms with van der Waals surface area (Å²) in [5.74, 6) is 2.05. The smallest absolute Gasteiger partial charge is 0.259 e. The predicted molar refractivity (Wildman–Crippen MR) is 133 cm³/mol. The molecule has 1 aliphatic heterocycles. The molecule has 9 heteroatoms. The summed E-state index contributed by atoms with van der Waals surface area (Å²) in [6.45, 7) is 1.37. The number of hydrogen-bond donors (Lipinski definition) is 2. The van der Waals surface area contributed by atoms with Crippen LogP contribution in [-0.4, -0.2) is 40.9 Å². The Kier molecular flexibility index (Phi) is 6.99. The van der Waals surface area contributed by atoms with E-state index < -0.39 is 0 Å². The molecule has 7 nitrogen and oxygen atoms in total. The second-order valence-electron chi connectivity index (χ2n) is 8.42. The molecule has 1 aromatic carbocycles. The van der Waals surface area contributed by atoms with E-state index in [0.717, 1.165) is 60.4 Å². The normalized spacial score (nSPS) is 17.8. The molecule has 2 aliphatic rings. The third-order valence-corrected chi connectivity index (χ3v) is 8.07. The quantitative estimate of drug-likeness (QED) is 0.494. The number of fused-ring (bicyclic) bond motifs is 3. The van der Waals surface area contributed by atoms with E-state index in [1.165, 1.54) is 28.6 Å².